The standard InChI is InChI=1S/C37H53N5O10/c1-19(43)39-33(47)28-30(45)29(42(8)9)22-16-20-15-21-24(41(6)7)17-23(40-25(44)18-38-34(2,3)4)31(48-10)27(21)36(49-11-12-50-36)26(20)32(46)35(22,5)37(28)51-13-14-52-37/h17,20,22,29,38,45-46H,11-16,18H2,1-10H3,(H,40,44)(H,39,43,47)/t20-,22-,29-,35+/m0/s1. The summed E-state index contributed by atoms with van der Waals surface area (Å²) in [4.78, 5) is 43.1. The Morgan fingerprint density at radius 3 is 2.17 bits per heavy atom. The van der Waals surface area contributed by atoms with Gasteiger partial charge < -0.3 is 49.4 Å². The zero-order valence-electron chi connectivity index (χ0n) is 31.8. The molecule has 2 spiro atoms. The maximum Gasteiger partial charge on any atom is 0.262 e. The molecule has 15 heteroatoms. The number of benzene rings is 1. The van der Waals surface area contributed by atoms with Crippen molar-refractivity contribution in [3.8, 4) is 5.75 Å². The van der Waals surface area contributed by atoms with Crippen LogP contribution in [-0.2, 0) is 45.5 Å². The number of nitrogens with zero attached hydrogens (tertiary/aromatic N) is 2. The van der Waals surface area contributed by atoms with Crippen LogP contribution in [0.25, 0.3) is 0 Å². The molecule has 4 atom stereocenters. The van der Waals surface area contributed by atoms with Gasteiger partial charge >= 0.3 is 0 Å². The minimum atomic E-state index is -1.97. The molecule has 15 nitrogen and oxygen atoms in total. The van der Waals surface area contributed by atoms with Gasteiger partial charge in [0.05, 0.1) is 62.8 Å². The van der Waals surface area contributed by atoms with Crippen LogP contribution in [0, 0.1) is 17.3 Å². The van der Waals surface area contributed by atoms with E-state index in [0.717, 1.165) is 11.3 Å². The predicted octanol–water partition coefficient (Wildman–Crippen LogP) is 2.46. The molecule has 52 heavy (non-hydrogen) atoms. The number of anilines is 2. The molecule has 6 rings (SSSR count). The van der Waals surface area contributed by atoms with E-state index >= 15 is 0 Å². The fraction of sp³-hybridized carbons (Fsp3) is 0.649. The number of hydrogen-bond acceptors (Lipinski definition) is 13. The summed E-state index contributed by atoms with van der Waals surface area (Å²) in [6.45, 7) is 9.48. The number of nitrogens with one attached hydrogen (secondary N) is 3. The second-order valence-corrected chi connectivity index (χ2v) is 15.9. The zero-order chi connectivity index (χ0) is 38.1. The first-order valence-corrected chi connectivity index (χ1v) is 17.7. The zero-order valence-corrected chi connectivity index (χ0v) is 31.8. The van der Waals surface area contributed by atoms with Crippen molar-refractivity contribution in [3.63, 3.8) is 0 Å². The number of amides is 3. The Labute approximate surface area is 304 Å². The number of carbonyl (C=O) groups excluding carboxylic acids is 3. The molecular formula is C37H53N5O10. The molecule has 0 bridgehead atoms. The lowest BCUT2D eigenvalue weighted by atomic mass is 9.51. The number of rotatable bonds is 7. The quantitative estimate of drug-likeness (QED) is 0.277. The summed E-state index contributed by atoms with van der Waals surface area (Å²) in [5.41, 5.74) is 0.962. The molecule has 1 aromatic carbocycles. The molecule has 3 aliphatic carbocycles. The van der Waals surface area contributed by atoms with E-state index in [4.69, 9.17) is 23.7 Å². The topological polar surface area (TPSA) is 180 Å². The maximum absolute atomic E-state index is 13.8. The van der Waals surface area contributed by atoms with E-state index in [0.29, 0.717) is 35.4 Å². The van der Waals surface area contributed by atoms with Crippen molar-refractivity contribution in [1.82, 2.24) is 15.5 Å². The number of carbonyl (C=O) groups is 3. The van der Waals surface area contributed by atoms with E-state index in [-0.39, 0.29) is 67.4 Å². The third kappa shape index (κ3) is 5.67. The van der Waals surface area contributed by atoms with Gasteiger partial charge in [0.15, 0.2) is 5.75 Å². The minimum Gasteiger partial charge on any atom is -0.511 e. The third-order valence-electron chi connectivity index (χ3n) is 11.1. The smallest absolute Gasteiger partial charge is 0.262 e. The molecule has 2 fully saturated rings. The summed E-state index contributed by atoms with van der Waals surface area (Å²) in [5, 5.41) is 33.5. The molecule has 5 aliphatic rings. The van der Waals surface area contributed by atoms with Crippen LogP contribution in [0.15, 0.2) is 28.7 Å². The molecule has 0 aromatic heterocycles. The van der Waals surface area contributed by atoms with Gasteiger partial charge in [0.1, 0.15) is 17.1 Å². The summed E-state index contributed by atoms with van der Waals surface area (Å²) in [7, 11) is 8.92. The first kappa shape index (κ1) is 38.0. The van der Waals surface area contributed by atoms with Gasteiger partial charge in [-0.2, -0.15) is 0 Å². The number of aliphatic hydroxyl groups is 2. The molecule has 0 unspecified atom stereocenters. The molecule has 1 aromatic rings. The second kappa shape index (κ2) is 13.3. The number of fused-ring (bicyclic) bond motifs is 6. The molecule has 2 aliphatic heterocycles. The molecule has 3 amide bonds. The maximum atomic E-state index is 13.8. The van der Waals surface area contributed by atoms with Crippen molar-refractivity contribution in [2.45, 2.75) is 70.6 Å². The monoisotopic (exact) mass is 727 g/mol. The normalized spacial score (nSPS) is 27.4. The molecular weight excluding hydrogens is 674 g/mol. The van der Waals surface area contributed by atoms with Crippen molar-refractivity contribution >= 4 is 29.1 Å². The van der Waals surface area contributed by atoms with Crippen molar-refractivity contribution in [3.05, 3.63) is 39.9 Å². The molecule has 0 radical (unpaired) electrons. The van der Waals surface area contributed by atoms with Crippen LogP contribution >= 0.6 is 0 Å². The molecule has 2 heterocycles. The highest BCUT2D eigenvalue weighted by molar-refractivity contribution is 6.05. The van der Waals surface area contributed by atoms with Gasteiger partial charge in [0.2, 0.25) is 23.4 Å². The summed E-state index contributed by atoms with van der Waals surface area (Å²) < 4.78 is 32.1. The van der Waals surface area contributed by atoms with Crippen LogP contribution < -0.4 is 25.6 Å². The van der Waals surface area contributed by atoms with Crippen LogP contribution in [0.1, 0.15) is 52.2 Å². The SMILES string of the molecule is COc1c(NC(=O)CNC(C)(C)C)cc(N(C)C)c2c1C1(OCCO1)C1=C(O)[C@@]3(C)[C@@H](C[C@@H]1C2)[C@H](N(C)C)C(O)=C(C(=O)NC(C)=O)C31OCCO1. The fourth-order valence-electron chi connectivity index (χ4n) is 9.06. The molecule has 0 saturated carbocycles. The van der Waals surface area contributed by atoms with Crippen LogP contribution in [0.2, 0.25) is 0 Å². The molecule has 2 saturated heterocycles. The Morgan fingerprint density at radius 1 is 1.02 bits per heavy atom. The molecule has 5 N–H and O–H groups in total. The van der Waals surface area contributed by atoms with E-state index < -0.39 is 40.8 Å². The van der Waals surface area contributed by atoms with Crippen molar-refractivity contribution in [2.75, 3.05) is 78.5 Å². The van der Waals surface area contributed by atoms with Crippen LogP contribution in [-0.4, -0.2) is 118 Å². The Morgan fingerprint density at radius 2 is 1.63 bits per heavy atom. The number of aliphatic hydroxyl groups excluding tert-OH is 2. The third-order valence-corrected chi connectivity index (χ3v) is 11.1. The van der Waals surface area contributed by atoms with Crippen molar-refractivity contribution in [2.24, 2.45) is 17.3 Å². The lowest BCUT2D eigenvalue weighted by molar-refractivity contribution is -0.245. The Kier molecular flexibility index (Phi) is 9.71. The Balaban J connectivity index is 1.61. The van der Waals surface area contributed by atoms with Crippen LogP contribution in [0.3, 0.4) is 0 Å². The largest absolute Gasteiger partial charge is 0.511 e. The number of imide groups is 1. The Bertz CT molecular complexity index is 1720. The average molecular weight is 728 g/mol. The number of likely N-dealkylation sites (N-methyl/N-ethyl adjacent to an activating group) is 1. The summed E-state index contributed by atoms with van der Waals surface area (Å²) in [5.74, 6) is -6.46. The van der Waals surface area contributed by atoms with E-state index in [9.17, 15) is 24.6 Å². The highest BCUT2D eigenvalue weighted by Gasteiger charge is 2.73. The first-order chi connectivity index (χ1) is 24.3. The highest BCUT2D eigenvalue weighted by atomic mass is 16.7. The van der Waals surface area contributed by atoms with Crippen LogP contribution in [0.5, 0.6) is 5.75 Å². The predicted molar refractivity (Wildman–Crippen MR) is 191 cm³/mol. The second-order valence-electron chi connectivity index (χ2n) is 15.9. The van der Waals surface area contributed by atoms with Gasteiger partial charge in [0.25, 0.3) is 5.91 Å². The van der Waals surface area contributed by atoms with Gasteiger partial charge in [0, 0.05) is 43.7 Å². The van der Waals surface area contributed by atoms with Gasteiger partial charge in [-0.1, -0.05) is 0 Å². The van der Waals surface area contributed by atoms with E-state index in [2.05, 4.69) is 16.0 Å². The highest BCUT2D eigenvalue weighted by Crippen LogP contribution is 2.67. The van der Waals surface area contributed by atoms with Crippen LogP contribution in [0.4, 0.5) is 11.4 Å². The average Bonchev–Trinajstić information content (AvgIpc) is 3.73. The summed E-state index contributed by atoms with van der Waals surface area (Å²) in [6.07, 6.45) is 0.829. The Hall–Kier alpha value is -3.73. The fourth-order valence-corrected chi connectivity index (χ4v) is 9.06. The number of hydrogen-bond donors (Lipinski definition) is 5. The van der Waals surface area contributed by atoms with Crippen molar-refractivity contribution < 1.29 is 48.3 Å². The lowest BCUT2D eigenvalue weighted by Crippen LogP contribution is -2.67. The van der Waals surface area contributed by atoms with Gasteiger partial charge in [-0.25, -0.2) is 0 Å². The lowest BCUT2D eigenvalue weighted by Gasteiger charge is -2.60. The summed E-state index contributed by atoms with van der Waals surface area (Å²) >= 11 is 0. The summed E-state index contributed by atoms with van der Waals surface area (Å²) in [6, 6.07) is 1.11. The van der Waals surface area contributed by atoms with Gasteiger partial charge in [-0.05, 0) is 72.2 Å². The van der Waals surface area contributed by atoms with E-state index in [1.54, 1.807) is 25.9 Å². The number of methoxy groups -OCH3 is 1. The van der Waals surface area contributed by atoms with Gasteiger partial charge in [-0.15, -0.1) is 0 Å². The molecule has 286 valence electrons. The number of ether oxygens (including phenoxy) is 5. The van der Waals surface area contributed by atoms with Crippen molar-refractivity contribution in [1.29, 1.82) is 0 Å². The van der Waals surface area contributed by atoms with E-state index in [1.165, 1.54) is 14.0 Å². The minimum absolute atomic E-state index is 0.0575. The first-order valence-electron chi connectivity index (χ1n) is 17.7. The van der Waals surface area contributed by atoms with Gasteiger partial charge in [-0.3, -0.25) is 24.6 Å². The van der Waals surface area contributed by atoms with E-state index in [1.807, 2.05) is 45.8 Å².